The molecule has 0 aliphatic heterocycles. The third-order valence-corrected chi connectivity index (χ3v) is 5.13. The minimum absolute atomic E-state index is 0.104. The van der Waals surface area contributed by atoms with Crippen LogP contribution in [0.15, 0.2) is 53.2 Å². The maximum Gasteiger partial charge on any atom is 0.328 e. The highest BCUT2D eigenvalue weighted by atomic mass is 35.5. The molecule has 0 spiro atoms. The molecule has 8 heteroatoms. The first-order chi connectivity index (χ1) is 12.9. The molecule has 1 aliphatic carbocycles. The number of nitrogens with zero attached hydrogens (tertiary/aromatic N) is 2. The average molecular weight is 408 g/mol. The highest BCUT2D eigenvalue weighted by Crippen LogP contribution is 2.41. The number of allylic oxidation sites excluding steroid dienone is 4. The van der Waals surface area contributed by atoms with Gasteiger partial charge in [0.1, 0.15) is 5.75 Å². The second kappa shape index (κ2) is 8.06. The third kappa shape index (κ3) is 4.46. The fraction of sp³-hybridized carbons (Fsp3) is 0.263. The summed E-state index contributed by atoms with van der Waals surface area (Å²) in [5.41, 5.74) is 7.47. The Kier molecular flexibility index (Phi) is 5.77. The minimum Gasteiger partial charge on any atom is -0.481 e. The summed E-state index contributed by atoms with van der Waals surface area (Å²) >= 11 is 13.1. The average Bonchev–Trinajstić information content (AvgIpc) is 2.66. The number of benzene rings is 1. The van der Waals surface area contributed by atoms with E-state index in [1.165, 1.54) is 14.2 Å². The van der Waals surface area contributed by atoms with E-state index in [9.17, 15) is 0 Å². The number of para-hydroxylation sites is 1. The number of rotatable bonds is 6. The number of nitrogens with two attached hydrogens (primary N) is 1. The molecule has 0 saturated heterocycles. The van der Waals surface area contributed by atoms with Crippen LogP contribution in [0.2, 0.25) is 0 Å². The Balaban J connectivity index is 1.89. The number of halogens is 2. The quantitative estimate of drug-likeness (QED) is 0.723. The lowest BCUT2D eigenvalue weighted by molar-refractivity contribution is 0.347. The van der Waals surface area contributed by atoms with E-state index >= 15 is 0 Å². The highest BCUT2D eigenvalue weighted by molar-refractivity contribution is 6.40. The van der Waals surface area contributed by atoms with Crippen molar-refractivity contribution in [1.29, 1.82) is 0 Å². The van der Waals surface area contributed by atoms with Crippen LogP contribution in [0.3, 0.4) is 0 Å². The molecule has 6 nitrogen and oxygen atoms in total. The highest BCUT2D eigenvalue weighted by Gasteiger charge is 2.34. The summed E-state index contributed by atoms with van der Waals surface area (Å²) < 4.78 is 16.2. The van der Waals surface area contributed by atoms with Gasteiger partial charge in [0.05, 0.1) is 25.2 Å². The van der Waals surface area contributed by atoms with E-state index in [-0.39, 0.29) is 6.01 Å². The van der Waals surface area contributed by atoms with Gasteiger partial charge in [0, 0.05) is 23.6 Å². The second-order valence-corrected chi connectivity index (χ2v) is 7.15. The maximum absolute atomic E-state index is 6.78. The van der Waals surface area contributed by atoms with Gasteiger partial charge in [0.25, 0.3) is 0 Å². The van der Waals surface area contributed by atoms with Crippen molar-refractivity contribution >= 4 is 23.2 Å². The minimum atomic E-state index is -0.827. The second-order valence-electron chi connectivity index (χ2n) is 6.02. The Morgan fingerprint density at radius 2 is 1.78 bits per heavy atom. The lowest BCUT2D eigenvalue weighted by atomic mass is 9.90. The Bertz CT molecular complexity index is 879. The Morgan fingerprint density at radius 1 is 1.11 bits per heavy atom. The van der Waals surface area contributed by atoms with Crippen LogP contribution in [-0.2, 0) is 6.42 Å². The van der Waals surface area contributed by atoms with Crippen LogP contribution in [0.4, 0.5) is 0 Å². The van der Waals surface area contributed by atoms with Gasteiger partial charge in [-0.25, -0.2) is 0 Å². The van der Waals surface area contributed by atoms with E-state index in [0.29, 0.717) is 41.1 Å². The molecule has 0 radical (unpaired) electrons. The summed E-state index contributed by atoms with van der Waals surface area (Å²) in [5, 5.41) is 0.535. The van der Waals surface area contributed by atoms with Gasteiger partial charge in [-0.15, -0.1) is 11.6 Å². The Labute approximate surface area is 167 Å². The SMILES string of the molecule is COc1cc(OC)nc(Oc2ccccc2CC2(Cl)CC(N)=CC=C2Cl)n1. The molecule has 1 atom stereocenters. The lowest BCUT2D eigenvalue weighted by Gasteiger charge is -2.30. The van der Waals surface area contributed by atoms with E-state index in [2.05, 4.69) is 9.97 Å². The fourth-order valence-electron chi connectivity index (χ4n) is 2.73. The molecule has 1 aromatic carbocycles. The zero-order chi connectivity index (χ0) is 19.4. The van der Waals surface area contributed by atoms with Crippen molar-refractivity contribution in [3.63, 3.8) is 0 Å². The first kappa shape index (κ1) is 19.3. The van der Waals surface area contributed by atoms with Crippen molar-refractivity contribution in [3.8, 4) is 23.5 Å². The number of aromatic nitrogens is 2. The van der Waals surface area contributed by atoms with E-state index < -0.39 is 4.87 Å². The van der Waals surface area contributed by atoms with Crippen molar-refractivity contribution in [1.82, 2.24) is 9.97 Å². The van der Waals surface area contributed by atoms with E-state index in [1.54, 1.807) is 18.2 Å². The molecule has 0 saturated carbocycles. The summed E-state index contributed by atoms with van der Waals surface area (Å²) in [5.74, 6) is 1.23. The Morgan fingerprint density at radius 3 is 2.44 bits per heavy atom. The first-order valence-corrected chi connectivity index (χ1v) is 8.93. The van der Waals surface area contributed by atoms with Gasteiger partial charge in [0.2, 0.25) is 11.8 Å². The normalized spacial score (nSPS) is 19.1. The van der Waals surface area contributed by atoms with Gasteiger partial charge in [-0.05, 0) is 23.8 Å². The number of alkyl halides is 1. The van der Waals surface area contributed by atoms with Gasteiger partial charge < -0.3 is 19.9 Å². The van der Waals surface area contributed by atoms with Crippen molar-refractivity contribution in [2.45, 2.75) is 17.7 Å². The Hall–Kier alpha value is -2.44. The van der Waals surface area contributed by atoms with Crippen LogP contribution < -0.4 is 19.9 Å². The molecule has 1 heterocycles. The largest absolute Gasteiger partial charge is 0.481 e. The zero-order valence-corrected chi connectivity index (χ0v) is 16.4. The molecule has 0 fully saturated rings. The molecule has 3 rings (SSSR count). The predicted molar refractivity (Wildman–Crippen MR) is 105 cm³/mol. The monoisotopic (exact) mass is 407 g/mol. The van der Waals surface area contributed by atoms with Crippen molar-refractivity contribution in [2.24, 2.45) is 5.73 Å². The molecular weight excluding hydrogens is 389 g/mol. The van der Waals surface area contributed by atoms with E-state index in [0.717, 1.165) is 5.56 Å². The first-order valence-electron chi connectivity index (χ1n) is 8.17. The molecule has 142 valence electrons. The van der Waals surface area contributed by atoms with Crippen LogP contribution in [0, 0.1) is 0 Å². The maximum atomic E-state index is 6.78. The number of methoxy groups -OCH3 is 2. The van der Waals surface area contributed by atoms with Crippen LogP contribution >= 0.6 is 23.2 Å². The van der Waals surface area contributed by atoms with Gasteiger partial charge in [-0.1, -0.05) is 29.8 Å². The van der Waals surface area contributed by atoms with Crippen LogP contribution in [0.25, 0.3) is 0 Å². The summed E-state index contributed by atoms with van der Waals surface area (Å²) in [4.78, 5) is 7.56. The molecule has 0 amide bonds. The summed E-state index contributed by atoms with van der Waals surface area (Å²) in [7, 11) is 3.01. The predicted octanol–water partition coefficient (Wildman–Crippen LogP) is 4.18. The van der Waals surface area contributed by atoms with Gasteiger partial charge in [-0.3, -0.25) is 0 Å². The topological polar surface area (TPSA) is 79.5 Å². The summed E-state index contributed by atoms with van der Waals surface area (Å²) in [6.07, 6.45) is 4.37. The van der Waals surface area contributed by atoms with Crippen molar-refractivity contribution < 1.29 is 14.2 Å². The summed E-state index contributed by atoms with van der Waals surface area (Å²) in [6, 6.07) is 9.14. The molecule has 27 heavy (non-hydrogen) atoms. The molecule has 1 aliphatic rings. The molecule has 1 aromatic heterocycles. The molecule has 2 aromatic rings. The lowest BCUT2D eigenvalue weighted by Crippen LogP contribution is -2.29. The molecule has 2 N–H and O–H groups in total. The van der Waals surface area contributed by atoms with Crippen molar-refractivity contribution in [2.75, 3.05) is 14.2 Å². The third-order valence-electron chi connectivity index (χ3n) is 4.08. The smallest absolute Gasteiger partial charge is 0.328 e. The molecule has 1 unspecified atom stereocenters. The number of hydrogen-bond donors (Lipinski definition) is 1. The van der Waals surface area contributed by atoms with E-state index in [1.807, 2.05) is 24.3 Å². The zero-order valence-electron chi connectivity index (χ0n) is 14.9. The van der Waals surface area contributed by atoms with Gasteiger partial charge in [0.15, 0.2) is 0 Å². The number of hydrogen-bond acceptors (Lipinski definition) is 6. The van der Waals surface area contributed by atoms with Crippen LogP contribution in [-0.4, -0.2) is 29.1 Å². The number of ether oxygens (including phenoxy) is 3. The fourth-order valence-corrected chi connectivity index (χ4v) is 3.29. The molecule has 0 bridgehead atoms. The van der Waals surface area contributed by atoms with Gasteiger partial charge >= 0.3 is 6.01 Å². The van der Waals surface area contributed by atoms with E-state index in [4.69, 9.17) is 43.1 Å². The molecular formula is C19H19Cl2N3O3. The summed E-state index contributed by atoms with van der Waals surface area (Å²) in [6.45, 7) is 0. The van der Waals surface area contributed by atoms with Gasteiger partial charge in [-0.2, -0.15) is 9.97 Å². The van der Waals surface area contributed by atoms with Crippen LogP contribution in [0.1, 0.15) is 12.0 Å². The standard InChI is InChI=1S/C19H19Cl2N3O3/c1-25-16-9-17(26-2)24-18(23-16)27-14-6-4-3-5-12(14)10-19(21)11-13(22)7-8-15(19)20/h3-9H,10-11,22H2,1-2H3. The van der Waals surface area contributed by atoms with Crippen LogP contribution in [0.5, 0.6) is 23.5 Å². The van der Waals surface area contributed by atoms with Crippen molar-refractivity contribution in [3.05, 3.63) is 58.8 Å².